The fourth-order valence-electron chi connectivity index (χ4n) is 14.6. The van der Waals surface area contributed by atoms with Crippen molar-refractivity contribution in [2.24, 2.45) is 0 Å². The summed E-state index contributed by atoms with van der Waals surface area (Å²) in [5.41, 5.74) is 27.5. The number of hydrogen-bond acceptors (Lipinski definition) is 2. The van der Waals surface area contributed by atoms with Gasteiger partial charge in [0.1, 0.15) is 0 Å². The van der Waals surface area contributed by atoms with Crippen LogP contribution < -0.4 is 26.2 Å². The third-order valence-corrected chi connectivity index (χ3v) is 18.9. The van der Waals surface area contributed by atoms with E-state index in [4.69, 9.17) is 0 Å². The Morgan fingerprint density at radius 3 is 1.36 bits per heavy atom. The van der Waals surface area contributed by atoms with Gasteiger partial charge in [-0.1, -0.05) is 189 Å². The van der Waals surface area contributed by atoms with E-state index >= 15 is 0 Å². The van der Waals surface area contributed by atoms with Crippen molar-refractivity contribution in [3.05, 3.63) is 172 Å². The summed E-state index contributed by atoms with van der Waals surface area (Å²) >= 11 is 0. The summed E-state index contributed by atoms with van der Waals surface area (Å²) in [6, 6.07) is 53.0. The molecule has 0 fully saturated rings. The van der Waals surface area contributed by atoms with E-state index in [1.54, 1.807) is 0 Å². The van der Waals surface area contributed by atoms with Gasteiger partial charge in [0, 0.05) is 34.0 Å². The van der Waals surface area contributed by atoms with E-state index in [1.807, 2.05) is 0 Å². The van der Waals surface area contributed by atoms with Gasteiger partial charge < -0.3 is 9.80 Å². The molecular formula is C69H77BN2. The molecule has 0 amide bonds. The number of rotatable bonds is 4. The summed E-state index contributed by atoms with van der Waals surface area (Å²) < 4.78 is 0. The van der Waals surface area contributed by atoms with Crippen LogP contribution in [0, 0.1) is 0 Å². The highest BCUT2D eigenvalue weighted by Crippen LogP contribution is 2.56. The molecule has 0 atom stereocenters. The van der Waals surface area contributed by atoms with E-state index in [0.717, 1.165) is 12.8 Å². The standard InChI is InChI=1S/C69H77BN2/c1-63(2,3)46-35-60-62-61(36-46)72(57-29-26-45(43-22-18-16-19-23-43)34-48(57)44-24-20-17-21-25-44)59-41-54-52(65(6,7)31-33-67(54,10)11)39-56(59)70(62)55-38-51-53(66(8,9)32-30-64(51,4)5)40-58(55)71(60)47-27-28-49-50(37-47)69(14,15)42-68(49,12)13/h16-29,34-41H,30-33,42H2,1-15H3. The Balaban J connectivity index is 1.25. The Hall–Kier alpha value is -5.80. The van der Waals surface area contributed by atoms with Gasteiger partial charge >= 0.3 is 0 Å². The molecular weight excluding hydrogens is 868 g/mol. The highest BCUT2D eigenvalue weighted by atomic mass is 15.2. The molecule has 0 aromatic heterocycles. The van der Waals surface area contributed by atoms with Crippen LogP contribution in [0.25, 0.3) is 22.3 Å². The first-order valence-corrected chi connectivity index (χ1v) is 27.3. The monoisotopic (exact) mass is 945 g/mol. The first-order valence-electron chi connectivity index (χ1n) is 27.3. The summed E-state index contributed by atoms with van der Waals surface area (Å²) in [7, 11) is 0. The van der Waals surface area contributed by atoms with Crippen LogP contribution in [-0.2, 0) is 37.9 Å². The van der Waals surface area contributed by atoms with Crippen LogP contribution in [0.15, 0.2) is 133 Å². The molecule has 2 heterocycles. The number of nitrogens with zero attached hydrogens (tertiary/aromatic N) is 2. The lowest BCUT2D eigenvalue weighted by Gasteiger charge is -2.49. The van der Waals surface area contributed by atoms with Gasteiger partial charge in [-0.15, -0.1) is 0 Å². The molecule has 2 aliphatic heterocycles. The normalized spacial score (nSPS) is 19.9. The van der Waals surface area contributed by atoms with E-state index in [9.17, 15) is 0 Å². The molecule has 0 saturated carbocycles. The van der Waals surface area contributed by atoms with Gasteiger partial charge in [-0.2, -0.15) is 0 Å². The Bertz CT molecular complexity index is 3370. The smallest absolute Gasteiger partial charge is 0.252 e. The second kappa shape index (κ2) is 15.4. The van der Waals surface area contributed by atoms with Gasteiger partial charge in [-0.25, -0.2) is 0 Å². The molecule has 3 aliphatic carbocycles. The van der Waals surface area contributed by atoms with Crippen LogP contribution in [-0.4, -0.2) is 6.71 Å². The van der Waals surface area contributed by atoms with Crippen molar-refractivity contribution in [2.75, 3.05) is 9.80 Å². The van der Waals surface area contributed by atoms with Crippen molar-refractivity contribution in [1.29, 1.82) is 0 Å². The fourth-order valence-corrected chi connectivity index (χ4v) is 14.6. The maximum atomic E-state index is 2.74. The first-order chi connectivity index (χ1) is 33.8. The van der Waals surface area contributed by atoms with Crippen LogP contribution in [0.1, 0.15) is 175 Å². The number of fused-ring (bicyclic) bond motifs is 7. The molecule has 0 saturated heterocycles. The molecule has 7 aromatic carbocycles. The lowest BCUT2D eigenvalue weighted by molar-refractivity contribution is 0.332. The maximum absolute atomic E-state index is 2.74. The first kappa shape index (κ1) is 47.2. The number of anilines is 6. The molecule has 3 heteroatoms. The van der Waals surface area contributed by atoms with Gasteiger partial charge in [-0.3, -0.25) is 0 Å². The summed E-state index contributed by atoms with van der Waals surface area (Å²) in [6.45, 7) is 37.1. The van der Waals surface area contributed by atoms with Gasteiger partial charge in [-0.05, 0) is 191 Å². The van der Waals surface area contributed by atoms with Crippen molar-refractivity contribution in [1.82, 2.24) is 0 Å². The van der Waals surface area contributed by atoms with Crippen LogP contribution >= 0.6 is 0 Å². The van der Waals surface area contributed by atoms with E-state index in [-0.39, 0.29) is 44.6 Å². The zero-order valence-corrected chi connectivity index (χ0v) is 46.2. The van der Waals surface area contributed by atoms with Crippen LogP contribution in [0.2, 0.25) is 0 Å². The van der Waals surface area contributed by atoms with E-state index in [1.165, 1.54) is 131 Å². The highest BCUT2D eigenvalue weighted by Gasteiger charge is 2.50. The summed E-state index contributed by atoms with van der Waals surface area (Å²) in [6.07, 6.45) is 5.82. The lowest BCUT2D eigenvalue weighted by Crippen LogP contribution is -2.62. The molecule has 5 aliphatic rings. The molecule has 366 valence electrons. The molecule has 7 aromatic rings. The van der Waals surface area contributed by atoms with Crippen molar-refractivity contribution in [2.45, 2.75) is 174 Å². The zero-order chi connectivity index (χ0) is 50.9. The van der Waals surface area contributed by atoms with Crippen LogP contribution in [0.3, 0.4) is 0 Å². The molecule has 0 radical (unpaired) electrons. The Morgan fingerprint density at radius 2 is 0.833 bits per heavy atom. The van der Waals surface area contributed by atoms with E-state index in [2.05, 4.69) is 247 Å². The summed E-state index contributed by atoms with van der Waals surface area (Å²) in [5.74, 6) is 0. The largest absolute Gasteiger partial charge is 0.311 e. The molecule has 0 spiro atoms. The average molecular weight is 945 g/mol. The molecule has 12 rings (SSSR count). The minimum Gasteiger partial charge on any atom is -0.311 e. The van der Waals surface area contributed by atoms with Gasteiger partial charge in [0.05, 0.1) is 5.69 Å². The minimum atomic E-state index is -0.133. The van der Waals surface area contributed by atoms with E-state index < -0.39 is 0 Å². The zero-order valence-electron chi connectivity index (χ0n) is 46.2. The third kappa shape index (κ3) is 7.09. The van der Waals surface area contributed by atoms with Crippen molar-refractivity contribution in [3.63, 3.8) is 0 Å². The van der Waals surface area contributed by atoms with Crippen molar-refractivity contribution >= 4 is 57.2 Å². The summed E-state index contributed by atoms with van der Waals surface area (Å²) in [4.78, 5) is 5.47. The third-order valence-electron chi connectivity index (χ3n) is 18.9. The average Bonchev–Trinajstić information content (AvgIpc) is 3.52. The number of benzene rings is 7. The molecule has 72 heavy (non-hydrogen) atoms. The SMILES string of the molecule is CC(C)(C)c1cc2c3c(c1)N(c1ccc(-c4ccccc4)cc1-c1ccccc1)c1cc4c(cc1B3c1cc3c(cc1N2c1ccc2c(c1)C(C)(C)CC2(C)C)C(C)(C)CCC3(C)C)C(C)(C)CCC4(C)C. The Labute approximate surface area is 433 Å². The highest BCUT2D eigenvalue weighted by molar-refractivity contribution is 7.00. The lowest BCUT2D eigenvalue weighted by atomic mass is 9.32. The molecule has 2 nitrogen and oxygen atoms in total. The van der Waals surface area contributed by atoms with Crippen LogP contribution in [0.4, 0.5) is 34.1 Å². The Morgan fingerprint density at radius 1 is 0.375 bits per heavy atom. The molecule has 0 unspecified atom stereocenters. The van der Waals surface area contributed by atoms with E-state index in [0.29, 0.717) is 0 Å². The molecule has 0 N–H and O–H groups in total. The second-order valence-electron chi connectivity index (χ2n) is 27.9. The van der Waals surface area contributed by atoms with Crippen molar-refractivity contribution < 1.29 is 0 Å². The predicted molar refractivity (Wildman–Crippen MR) is 311 cm³/mol. The predicted octanol–water partition coefficient (Wildman–Crippen LogP) is 17.1. The number of hydrogen-bond donors (Lipinski definition) is 0. The maximum Gasteiger partial charge on any atom is 0.252 e. The minimum absolute atomic E-state index is 0.0207. The second-order valence-corrected chi connectivity index (χ2v) is 27.9. The Kier molecular flexibility index (Phi) is 10.1. The topological polar surface area (TPSA) is 6.48 Å². The van der Waals surface area contributed by atoms with Crippen LogP contribution in [0.5, 0.6) is 0 Å². The molecule has 0 bridgehead atoms. The quantitative estimate of drug-likeness (QED) is 0.162. The summed E-state index contributed by atoms with van der Waals surface area (Å²) in [5, 5.41) is 0. The van der Waals surface area contributed by atoms with Crippen molar-refractivity contribution in [3.8, 4) is 22.3 Å². The van der Waals surface area contributed by atoms with Gasteiger partial charge in [0.25, 0.3) is 6.71 Å². The van der Waals surface area contributed by atoms with Gasteiger partial charge in [0.2, 0.25) is 0 Å². The van der Waals surface area contributed by atoms with Gasteiger partial charge in [0.15, 0.2) is 0 Å². The fraction of sp³-hybridized carbons (Fsp3) is 0.391.